The van der Waals surface area contributed by atoms with E-state index in [4.69, 9.17) is 5.73 Å². The molecule has 1 aromatic heterocycles. The zero-order valence-electron chi connectivity index (χ0n) is 10.7. The largest absolute Gasteiger partial charge is 0.330 e. The van der Waals surface area contributed by atoms with Crippen LogP contribution in [-0.4, -0.2) is 11.5 Å². The van der Waals surface area contributed by atoms with E-state index in [0.29, 0.717) is 0 Å². The molecule has 0 spiro atoms. The molecule has 94 valence electrons. The number of nitrogens with zero attached hydrogens (tertiary/aromatic N) is 1. The number of aromatic nitrogens is 1. The molecule has 3 heteroatoms. The van der Waals surface area contributed by atoms with Crippen molar-refractivity contribution in [3.63, 3.8) is 0 Å². The summed E-state index contributed by atoms with van der Waals surface area (Å²) < 4.78 is 1.38. The monoisotopic (exact) mass is 258 g/mol. The lowest BCUT2D eigenvalue weighted by molar-refractivity contribution is 0.854. The highest BCUT2D eigenvalue weighted by Gasteiger charge is 2.20. The summed E-state index contributed by atoms with van der Waals surface area (Å²) in [6, 6.07) is 4.42. The normalized spacial score (nSPS) is 16.7. The summed E-state index contributed by atoms with van der Waals surface area (Å²) >= 11 is 1.82. The number of hydrogen-bond acceptors (Lipinski definition) is 3. The summed E-state index contributed by atoms with van der Waals surface area (Å²) in [4.78, 5) is 4.59. The quantitative estimate of drug-likeness (QED) is 0.853. The van der Waals surface area contributed by atoms with Crippen molar-refractivity contribution in [3.8, 4) is 0 Å². The SMILES string of the molecule is Cc1nc2ccc3c(c2s1)/C(=C/CCCN)CC3. The minimum Gasteiger partial charge on any atom is -0.330 e. The lowest BCUT2D eigenvalue weighted by Gasteiger charge is -2.02. The van der Waals surface area contributed by atoms with Gasteiger partial charge in [0.2, 0.25) is 0 Å². The first-order valence-corrected chi connectivity index (χ1v) is 7.39. The number of thiazole rings is 1. The molecule has 1 aliphatic carbocycles. The zero-order chi connectivity index (χ0) is 12.5. The van der Waals surface area contributed by atoms with Crippen LogP contribution in [0.15, 0.2) is 18.2 Å². The Kier molecular flexibility index (Phi) is 3.18. The second-order valence-corrected chi connectivity index (χ2v) is 6.04. The van der Waals surface area contributed by atoms with E-state index in [1.165, 1.54) is 34.2 Å². The first kappa shape index (κ1) is 11.9. The number of nitrogens with two attached hydrogens (primary N) is 1. The lowest BCUT2D eigenvalue weighted by atomic mass is 10.1. The third kappa shape index (κ3) is 1.98. The topological polar surface area (TPSA) is 38.9 Å². The maximum Gasteiger partial charge on any atom is 0.0907 e. The van der Waals surface area contributed by atoms with E-state index >= 15 is 0 Å². The molecule has 1 heterocycles. The van der Waals surface area contributed by atoms with Gasteiger partial charge in [-0.05, 0) is 56.4 Å². The maximum absolute atomic E-state index is 5.56. The fourth-order valence-electron chi connectivity index (χ4n) is 2.70. The summed E-state index contributed by atoms with van der Waals surface area (Å²) in [5.74, 6) is 0. The molecule has 0 unspecified atom stereocenters. The van der Waals surface area contributed by atoms with Gasteiger partial charge in [-0.3, -0.25) is 0 Å². The smallest absolute Gasteiger partial charge is 0.0907 e. The average Bonchev–Trinajstić information content (AvgIpc) is 2.91. The third-order valence-corrected chi connectivity index (χ3v) is 4.54. The second-order valence-electron chi connectivity index (χ2n) is 4.84. The van der Waals surface area contributed by atoms with Crippen LogP contribution in [0.4, 0.5) is 0 Å². The summed E-state index contributed by atoms with van der Waals surface area (Å²) in [6.45, 7) is 2.87. The number of fused-ring (bicyclic) bond motifs is 3. The van der Waals surface area contributed by atoms with E-state index in [1.54, 1.807) is 0 Å². The van der Waals surface area contributed by atoms with Crippen LogP contribution in [0.1, 0.15) is 35.4 Å². The van der Waals surface area contributed by atoms with E-state index in [1.807, 2.05) is 11.3 Å². The average molecular weight is 258 g/mol. The van der Waals surface area contributed by atoms with Gasteiger partial charge < -0.3 is 5.73 Å². The van der Waals surface area contributed by atoms with Gasteiger partial charge in [-0.1, -0.05) is 12.1 Å². The molecule has 0 saturated carbocycles. The van der Waals surface area contributed by atoms with Gasteiger partial charge in [0, 0.05) is 5.56 Å². The fraction of sp³-hybridized carbons (Fsp3) is 0.400. The maximum atomic E-state index is 5.56. The summed E-state index contributed by atoms with van der Waals surface area (Å²) in [5, 5.41) is 1.16. The van der Waals surface area contributed by atoms with Crippen LogP contribution in [0.25, 0.3) is 15.8 Å². The molecule has 0 amide bonds. The first-order valence-electron chi connectivity index (χ1n) is 6.58. The summed E-state index contributed by atoms with van der Waals surface area (Å²) in [6.07, 6.45) is 6.91. The first-order chi connectivity index (χ1) is 8.79. The number of aryl methyl sites for hydroxylation is 2. The summed E-state index contributed by atoms with van der Waals surface area (Å²) in [7, 11) is 0. The number of benzene rings is 1. The second kappa shape index (κ2) is 4.82. The van der Waals surface area contributed by atoms with Crippen molar-refractivity contribution in [2.24, 2.45) is 5.73 Å². The van der Waals surface area contributed by atoms with Gasteiger partial charge in [-0.15, -0.1) is 11.3 Å². The van der Waals surface area contributed by atoms with Crippen molar-refractivity contribution in [2.75, 3.05) is 6.54 Å². The van der Waals surface area contributed by atoms with Gasteiger partial charge in [0.05, 0.1) is 15.2 Å². The van der Waals surface area contributed by atoms with E-state index in [9.17, 15) is 0 Å². The molecule has 2 N–H and O–H groups in total. The van der Waals surface area contributed by atoms with Crippen molar-refractivity contribution in [1.29, 1.82) is 0 Å². The molecule has 3 rings (SSSR count). The van der Waals surface area contributed by atoms with Crippen LogP contribution in [0, 0.1) is 6.92 Å². The van der Waals surface area contributed by atoms with Gasteiger partial charge in [0.25, 0.3) is 0 Å². The molecule has 18 heavy (non-hydrogen) atoms. The predicted molar refractivity (Wildman–Crippen MR) is 78.9 cm³/mol. The molecule has 1 aliphatic rings. The molecule has 0 atom stereocenters. The molecule has 1 aromatic carbocycles. The lowest BCUT2D eigenvalue weighted by Crippen LogP contribution is -1.96. The van der Waals surface area contributed by atoms with E-state index in [2.05, 4.69) is 30.1 Å². The Hall–Kier alpha value is -1.19. The summed E-state index contributed by atoms with van der Waals surface area (Å²) in [5.41, 5.74) is 11.2. The number of rotatable bonds is 3. The molecule has 0 radical (unpaired) electrons. The Morgan fingerprint density at radius 1 is 1.39 bits per heavy atom. The van der Waals surface area contributed by atoms with Crippen molar-refractivity contribution in [1.82, 2.24) is 4.98 Å². The van der Waals surface area contributed by atoms with E-state index in [-0.39, 0.29) is 0 Å². The van der Waals surface area contributed by atoms with Crippen LogP contribution in [0.3, 0.4) is 0 Å². The molecular weight excluding hydrogens is 240 g/mol. The van der Waals surface area contributed by atoms with E-state index in [0.717, 1.165) is 29.9 Å². The molecule has 0 bridgehead atoms. The molecule has 0 fully saturated rings. The Bertz CT molecular complexity index is 610. The van der Waals surface area contributed by atoms with Gasteiger partial charge in [0.1, 0.15) is 0 Å². The van der Waals surface area contributed by atoms with Crippen LogP contribution in [0.5, 0.6) is 0 Å². The van der Waals surface area contributed by atoms with Gasteiger partial charge in [-0.25, -0.2) is 4.98 Å². The Balaban J connectivity index is 2.07. The van der Waals surface area contributed by atoms with Crippen LogP contribution in [0.2, 0.25) is 0 Å². The predicted octanol–water partition coefficient (Wildman–Crippen LogP) is 3.67. The number of allylic oxidation sites excluding steroid dienone is 2. The number of hydrogen-bond donors (Lipinski definition) is 1. The van der Waals surface area contributed by atoms with Crippen molar-refractivity contribution < 1.29 is 0 Å². The van der Waals surface area contributed by atoms with Crippen molar-refractivity contribution in [3.05, 3.63) is 34.3 Å². The highest BCUT2D eigenvalue weighted by molar-refractivity contribution is 7.18. The zero-order valence-corrected chi connectivity index (χ0v) is 11.5. The molecule has 0 aliphatic heterocycles. The molecule has 2 aromatic rings. The van der Waals surface area contributed by atoms with Gasteiger partial charge in [0.15, 0.2) is 0 Å². The molecule has 2 nitrogen and oxygen atoms in total. The number of unbranched alkanes of at least 4 members (excludes halogenated alkanes) is 1. The molecular formula is C15H18N2S. The minimum atomic E-state index is 0.778. The fourth-order valence-corrected chi connectivity index (χ4v) is 3.72. The Labute approximate surface area is 112 Å². The third-order valence-electron chi connectivity index (χ3n) is 3.53. The highest BCUT2D eigenvalue weighted by atomic mass is 32.1. The van der Waals surface area contributed by atoms with Crippen LogP contribution >= 0.6 is 11.3 Å². The van der Waals surface area contributed by atoms with Gasteiger partial charge in [-0.2, -0.15) is 0 Å². The van der Waals surface area contributed by atoms with Crippen LogP contribution in [-0.2, 0) is 6.42 Å². The van der Waals surface area contributed by atoms with E-state index < -0.39 is 0 Å². The van der Waals surface area contributed by atoms with Crippen molar-refractivity contribution in [2.45, 2.75) is 32.6 Å². The minimum absolute atomic E-state index is 0.778. The van der Waals surface area contributed by atoms with Crippen molar-refractivity contribution >= 4 is 27.1 Å². The van der Waals surface area contributed by atoms with Crippen LogP contribution < -0.4 is 5.73 Å². The van der Waals surface area contributed by atoms with Gasteiger partial charge >= 0.3 is 0 Å². The molecule has 0 saturated heterocycles. The highest BCUT2D eigenvalue weighted by Crippen LogP contribution is 2.40. The Morgan fingerprint density at radius 2 is 2.28 bits per heavy atom. The standard InChI is InChI=1S/C15H18N2S/c1-10-17-13-8-7-12-6-5-11(4-2-3-9-16)14(12)15(13)18-10/h4,7-8H,2-3,5-6,9,16H2,1H3/b11-4+. The Morgan fingerprint density at radius 3 is 3.11 bits per heavy atom.